The summed E-state index contributed by atoms with van der Waals surface area (Å²) in [6, 6.07) is 58.1. The molecule has 8 aromatic carbocycles. The Morgan fingerprint density at radius 3 is 2.00 bits per heavy atom. The van der Waals surface area contributed by atoms with E-state index < -0.39 is 0 Å². The van der Waals surface area contributed by atoms with Crippen LogP contribution in [0, 0.1) is 0 Å². The van der Waals surface area contributed by atoms with Crippen LogP contribution in [-0.2, 0) is 10.8 Å². The second-order valence-electron chi connectivity index (χ2n) is 18.5. The minimum atomic E-state index is -0.230. The number of anilines is 5. The van der Waals surface area contributed by atoms with Gasteiger partial charge in [-0.1, -0.05) is 144 Å². The summed E-state index contributed by atoms with van der Waals surface area (Å²) in [4.78, 5) is 5.22. The molecule has 0 fully saturated rings. The number of hydrogen-bond acceptors (Lipinski definition) is 4. The van der Waals surface area contributed by atoms with Gasteiger partial charge in [0.05, 0.1) is 5.69 Å². The maximum Gasteiger partial charge on any atom is 0.333 e. The molecule has 286 valence electrons. The third kappa shape index (κ3) is 4.37. The Labute approximate surface area is 349 Å². The van der Waals surface area contributed by atoms with Gasteiger partial charge in [0.15, 0.2) is 0 Å². The quantitative estimate of drug-likeness (QED) is 0.164. The molecule has 5 heteroatoms. The lowest BCUT2D eigenvalue weighted by Crippen LogP contribution is -2.63. The van der Waals surface area contributed by atoms with Crippen molar-refractivity contribution in [1.29, 1.82) is 0 Å². The summed E-state index contributed by atoms with van der Waals surface area (Å²) in [5, 5.41) is 4.47. The van der Waals surface area contributed by atoms with Crippen molar-refractivity contribution in [2.45, 2.75) is 45.4 Å². The first-order valence-electron chi connectivity index (χ1n) is 21.1. The van der Waals surface area contributed by atoms with Gasteiger partial charge in [-0.05, 0) is 87.1 Å². The second-order valence-corrected chi connectivity index (χ2v) is 18.5. The molecule has 0 saturated carbocycles. The van der Waals surface area contributed by atoms with Crippen LogP contribution in [0.3, 0.4) is 0 Å². The van der Waals surface area contributed by atoms with Crippen LogP contribution < -0.4 is 20.6 Å². The third-order valence-electron chi connectivity index (χ3n) is 13.8. The lowest BCUT2D eigenvalue weighted by atomic mass is 9.42. The van der Waals surface area contributed by atoms with Crippen molar-refractivity contribution in [3.8, 4) is 22.3 Å². The molecule has 0 saturated heterocycles. The fraction of sp³-hybridized carbons (Fsp3) is 0.127. The predicted octanol–water partition coefficient (Wildman–Crippen LogP) is 13.8. The molecule has 0 unspecified atom stereocenters. The summed E-state index contributed by atoms with van der Waals surface area (Å²) in [5.74, 6) is 0. The number of benzene rings is 8. The largest absolute Gasteiger partial charge is 0.456 e. The maximum atomic E-state index is 7.06. The summed E-state index contributed by atoms with van der Waals surface area (Å²) in [6.07, 6.45) is 0. The lowest BCUT2D eigenvalue weighted by Gasteiger charge is -2.51. The van der Waals surface area contributed by atoms with Crippen molar-refractivity contribution in [3.63, 3.8) is 0 Å². The SMILES string of the molecule is CC(C)(C)c1ccc(N2c3cc4c(cc3B3c5c2cc2c(oc6ccccc62)c5-c2cccc5c2N3c2ccccc2C5(C)C)oc2ccccc24)c(-c2ccccc2)c1. The Hall–Kier alpha value is -6.98. The summed E-state index contributed by atoms with van der Waals surface area (Å²) in [6.45, 7) is 11.5. The Balaban J connectivity index is 1.24. The first kappa shape index (κ1) is 33.9. The van der Waals surface area contributed by atoms with E-state index in [2.05, 4.69) is 202 Å². The van der Waals surface area contributed by atoms with Crippen LogP contribution in [0.2, 0.25) is 0 Å². The molecule has 60 heavy (non-hydrogen) atoms. The summed E-state index contributed by atoms with van der Waals surface area (Å²) < 4.78 is 13.8. The van der Waals surface area contributed by atoms with Gasteiger partial charge in [-0.2, -0.15) is 0 Å². The Morgan fingerprint density at radius 2 is 1.20 bits per heavy atom. The van der Waals surface area contributed by atoms with Crippen LogP contribution in [0.1, 0.15) is 51.3 Å². The van der Waals surface area contributed by atoms with Crippen molar-refractivity contribution in [2.24, 2.45) is 0 Å². The molecule has 0 radical (unpaired) electrons. The van der Waals surface area contributed by atoms with E-state index in [4.69, 9.17) is 8.83 Å². The van der Waals surface area contributed by atoms with Gasteiger partial charge in [-0.15, -0.1) is 0 Å². The van der Waals surface area contributed by atoms with Crippen LogP contribution in [-0.4, -0.2) is 6.85 Å². The average Bonchev–Trinajstić information content (AvgIpc) is 3.83. The highest BCUT2D eigenvalue weighted by atomic mass is 16.3. The van der Waals surface area contributed by atoms with Gasteiger partial charge in [-0.3, -0.25) is 0 Å². The molecule has 0 atom stereocenters. The Bertz CT molecular complexity index is 3480. The second kappa shape index (κ2) is 11.6. The van der Waals surface area contributed by atoms with E-state index in [-0.39, 0.29) is 17.7 Å². The average molecular weight is 773 g/mol. The van der Waals surface area contributed by atoms with Crippen molar-refractivity contribution >= 4 is 90.1 Å². The van der Waals surface area contributed by atoms with E-state index in [1.807, 2.05) is 0 Å². The van der Waals surface area contributed by atoms with Gasteiger partial charge in [0, 0.05) is 66.4 Å². The van der Waals surface area contributed by atoms with Crippen LogP contribution >= 0.6 is 0 Å². The third-order valence-corrected chi connectivity index (χ3v) is 13.8. The highest BCUT2D eigenvalue weighted by Gasteiger charge is 2.51. The monoisotopic (exact) mass is 772 g/mol. The van der Waals surface area contributed by atoms with Crippen LogP contribution in [0.15, 0.2) is 167 Å². The number of para-hydroxylation sites is 4. The van der Waals surface area contributed by atoms with Gasteiger partial charge in [0.25, 0.3) is 0 Å². The van der Waals surface area contributed by atoms with Crippen molar-refractivity contribution in [1.82, 2.24) is 0 Å². The molecule has 0 bridgehead atoms. The van der Waals surface area contributed by atoms with Crippen LogP contribution in [0.4, 0.5) is 28.4 Å². The molecule has 4 nitrogen and oxygen atoms in total. The molecule has 0 N–H and O–H groups in total. The number of hydrogen-bond donors (Lipinski definition) is 0. The minimum Gasteiger partial charge on any atom is -0.456 e. The van der Waals surface area contributed by atoms with Crippen LogP contribution in [0.5, 0.6) is 0 Å². The zero-order chi connectivity index (χ0) is 40.2. The molecule has 13 rings (SSSR count). The fourth-order valence-corrected chi connectivity index (χ4v) is 10.9. The van der Waals surface area contributed by atoms with Crippen LogP contribution in [0.25, 0.3) is 66.1 Å². The highest BCUT2D eigenvalue weighted by Crippen LogP contribution is 2.58. The van der Waals surface area contributed by atoms with Gasteiger partial charge < -0.3 is 18.5 Å². The predicted molar refractivity (Wildman–Crippen MR) is 251 cm³/mol. The normalized spacial score (nSPS) is 14.8. The van der Waals surface area contributed by atoms with Crippen molar-refractivity contribution in [3.05, 3.63) is 174 Å². The fourth-order valence-electron chi connectivity index (χ4n) is 10.9. The first-order valence-corrected chi connectivity index (χ1v) is 21.1. The van der Waals surface area contributed by atoms with Crippen molar-refractivity contribution < 1.29 is 8.83 Å². The maximum absolute atomic E-state index is 7.06. The number of fused-ring (bicyclic) bond motifs is 13. The molecule has 3 aliphatic heterocycles. The number of nitrogens with zero attached hydrogens (tertiary/aromatic N) is 2. The van der Waals surface area contributed by atoms with E-state index in [1.54, 1.807) is 0 Å². The molecule has 10 aromatic rings. The first-order chi connectivity index (χ1) is 29.2. The van der Waals surface area contributed by atoms with Gasteiger partial charge >= 0.3 is 6.85 Å². The molecular weight excluding hydrogens is 731 g/mol. The van der Waals surface area contributed by atoms with Crippen molar-refractivity contribution in [2.75, 3.05) is 9.71 Å². The topological polar surface area (TPSA) is 32.8 Å². The molecule has 2 aromatic heterocycles. The highest BCUT2D eigenvalue weighted by molar-refractivity contribution is 6.94. The van der Waals surface area contributed by atoms with E-state index in [9.17, 15) is 0 Å². The summed E-state index contributed by atoms with van der Waals surface area (Å²) in [7, 11) is 0. The zero-order valence-corrected chi connectivity index (χ0v) is 34.3. The molecule has 5 heterocycles. The van der Waals surface area contributed by atoms with E-state index >= 15 is 0 Å². The molecule has 0 spiro atoms. The Kier molecular flexibility index (Phi) is 6.57. The summed E-state index contributed by atoms with van der Waals surface area (Å²) >= 11 is 0. The summed E-state index contributed by atoms with van der Waals surface area (Å²) in [5.41, 5.74) is 20.4. The van der Waals surface area contributed by atoms with Gasteiger partial charge in [0.1, 0.15) is 22.3 Å². The standard InChI is InChI=1S/C55H41BN2O2/c1-54(2,3)33-26-27-43(37(28-33)32-16-7-6-8-17-32)57-45-29-38-34-18-9-13-24-47(34)59-49(38)31-42(45)56-51-46(57)30-39-35-19-10-14-25-48(35)60-53(39)50(51)36-20-15-22-41-52(36)58(56)44-23-12-11-21-40(44)55(41,4)5/h6-31H,1-5H3. The van der Waals surface area contributed by atoms with Gasteiger partial charge in [-0.25, -0.2) is 0 Å². The zero-order valence-electron chi connectivity index (χ0n) is 34.3. The molecule has 3 aliphatic rings. The van der Waals surface area contributed by atoms with Gasteiger partial charge in [0.2, 0.25) is 0 Å². The smallest absolute Gasteiger partial charge is 0.333 e. The molecule has 0 aliphatic carbocycles. The Morgan fingerprint density at radius 1 is 0.517 bits per heavy atom. The number of rotatable bonds is 2. The van der Waals surface area contributed by atoms with E-state index in [0.717, 1.165) is 60.9 Å². The molecular formula is C55H41BN2O2. The lowest BCUT2D eigenvalue weighted by molar-refractivity contribution is 0.590. The van der Waals surface area contributed by atoms with E-state index in [1.165, 1.54) is 61.2 Å². The minimum absolute atomic E-state index is 0.0422. The molecule has 0 amide bonds. The van der Waals surface area contributed by atoms with E-state index in [0.29, 0.717) is 0 Å². The number of furan rings is 2.